The van der Waals surface area contributed by atoms with Crippen LogP contribution >= 0.6 is 47.4 Å². The van der Waals surface area contributed by atoms with E-state index in [2.05, 4.69) is 10.2 Å². The fourth-order valence-electron chi connectivity index (χ4n) is 2.44. The second kappa shape index (κ2) is 9.39. The molecule has 1 fully saturated rings. The zero-order chi connectivity index (χ0) is 13.7. The van der Waals surface area contributed by atoms with Gasteiger partial charge in [0.2, 0.25) is 0 Å². The summed E-state index contributed by atoms with van der Waals surface area (Å²) in [6.07, 6.45) is 1.31. The van der Waals surface area contributed by atoms with Crippen molar-refractivity contribution in [2.24, 2.45) is 5.92 Å². The lowest BCUT2D eigenvalue weighted by molar-refractivity contribution is 0.343. The molecule has 0 aliphatic carbocycles. The first-order valence-corrected chi connectivity index (χ1v) is 8.38. The number of benzene rings is 1. The van der Waals surface area contributed by atoms with E-state index in [4.69, 9.17) is 23.2 Å². The maximum atomic E-state index is 6.15. The molecule has 20 heavy (non-hydrogen) atoms. The van der Waals surface area contributed by atoms with Crippen molar-refractivity contribution in [3.63, 3.8) is 0 Å². The second-order valence-corrected chi connectivity index (χ2v) is 6.92. The van der Waals surface area contributed by atoms with E-state index in [9.17, 15) is 0 Å². The van der Waals surface area contributed by atoms with Gasteiger partial charge in [-0.2, -0.15) is 0 Å². The van der Waals surface area contributed by atoms with Crippen LogP contribution in [0, 0.1) is 5.92 Å². The zero-order valence-corrected chi connectivity index (χ0v) is 14.7. The van der Waals surface area contributed by atoms with Gasteiger partial charge in [0.1, 0.15) is 0 Å². The number of thioether (sulfide) groups is 1. The van der Waals surface area contributed by atoms with Crippen LogP contribution in [0.2, 0.25) is 10.0 Å². The number of rotatable bonds is 6. The Morgan fingerprint density at radius 1 is 1.40 bits per heavy atom. The van der Waals surface area contributed by atoms with Gasteiger partial charge in [-0.15, -0.1) is 24.2 Å². The van der Waals surface area contributed by atoms with Gasteiger partial charge in [-0.25, -0.2) is 0 Å². The molecule has 2 rings (SSSR count). The summed E-state index contributed by atoms with van der Waals surface area (Å²) in [5, 5.41) is 4.81. The van der Waals surface area contributed by atoms with Gasteiger partial charge in [-0.3, -0.25) is 0 Å². The van der Waals surface area contributed by atoms with E-state index >= 15 is 0 Å². The van der Waals surface area contributed by atoms with Crippen molar-refractivity contribution in [1.29, 1.82) is 0 Å². The molecule has 0 aromatic heterocycles. The predicted molar refractivity (Wildman–Crippen MR) is 92.9 cm³/mol. The SMILES string of the molecule is CNCC1CCN(CCSc2cc(Cl)ccc2Cl)C1.Cl. The Kier molecular flexibility index (Phi) is 8.64. The molecule has 6 heteroatoms. The van der Waals surface area contributed by atoms with Gasteiger partial charge < -0.3 is 10.2 Å². The number of likely N-dealkylation sites (tertiary alicyclic amines) is 1. The minimum absolute atomic E-state index is 0. The van der Waals surface area contributed by atoms with Crippen molar-refractivity contribution in [2.45, 2.75) is 11.3 Å². The Balaban J connectivity index is 0.00000200. The highest BCUT2D eigenvalue weighted by molar-refractivity contribution is 7.99. The molecule has 1 unspecified atom stereocenters. The molecule has 2 nitrogen and oxygen atoms in total. The third-order valence-corrected chi connectivity index (χ3v) is 5.13. The highest BCUT2D eigenvalue weighted by Gasteiger charge is 2.21. The van der Waals surface area contributed by atoms with E-state index in [-0.39, 0.29) is 12.4 Å². The smallest absolute Gasteiger partial charge is 0.0542 e. The topological polar surface area (TPSA) is 15.3 Å². The van der Waals surface area contributed by atoms with Crippen molar-refractivity contribution in [3.8, 4) is 0 Å². The van der Waals surface area contributed by atoms with Crippen LogP contribution in [-0.4, -0.2) is 43.9 Å². The monoisotopic (exact) mass is 354 g/mol. The van der Waals surface area contributed by atoms with Crippen LogP contribution in [0.25, 0.3) is 0 Å². The molecule has 1 N–H and O–H groups in total. The molecule has 0 spiro atoms. The van der Waals surface area contributed by atoms with E-state index in [0.717, 1.165) is 39.7 Å². The highest BCUT2D eigenvalue weighted by atomic mass is 35.5. The van der Waals surface area contributed by atoms with Gasteiger partial charge in [-0.1, -0.05) is 23.2 Å². The number of nitrogens with one attached hydrogen (secondary N) is 1. The van der Waals surface area contributed by atoms with Crippen LogP contribution in [-0.2, 0) is 0 Å². The molecule has 1 heterocycles. The van der Waals surface area contributed by atoms with Crippen LogP contribution in [0.5, 0.6) is 0 Å². The summed E-state index contributed by atoms with van der Waals surface area (Å²) in [4.78, 5) is 3.62. The maximum absolute atomic E-state index is 6.15. The van der Waals surface area contributed by atoms with Gasteiger partial charge in [0.05, 0.1) is 5.02 Å². The molecule has 1 aromatic carbocycles. The van der Waals surface area contributed by atoms with E-state index < -0.39 is 0 Å². The van der Waals surface area contributed by atoms with E-state index in [1.165, 1.54) is 19.5 Å². The lowest BCUT2D eigenvalue weighted by Crippen LogP contribution is -2.26. The average molecular weight is 356 g/mol. The molecule has 0 saturated carbocycles. The first-order chi connectivity index (χ1) is 9.19. The van der Waals surface area contributed by atoms with Crippen LogP contribution in [0.4, 0.5) is 0 Å². The Morgan fingerprint density at radius 2 is 2.20 bits per heavy atom. The lowest BCUT2D eigenvalue weighted by atomic mass is 10.1. The molecule has 1 aliphatic rings. The van der Waals surface area contributed by atoms with Crippen LogP contribution in [0.1, 0.15) is 6.42 Å². The summed E-state index contributed by atoms with van der Waals surface area (Å²) >= 11 is 13.9. The van der Waals surface area contributed by atoms with Gasteiger partial charge in [0, 0.05) is 28.8 Å². The Bertz CT molecular complexity index is 417. The summed E-state index contributed by atoms with van der Waals surface area (Å²) in [6.45, 7) is 4.68. The van der Waals surface area contributed by atoms with Crippen LogP contribution in [0.15, 0.2) is 23.1 Å². The van der Waals surface area contributed by atoms with Gasteiger partial charge in [-0.05, 0) is 50.7 Å². The molecule has 1 atom stereocenters. The largest absolute Gasteiger partial charge is 0.319 e. The average Bonchev–Trinajstić information content (AvgIpc) is 2.82. The predicted octanol–water partition coefficient (Wildman–Crippen LogP) is 4.05. The maximum Gasteiger partial charge on any atom is 0.0542 e. The molecule has 114 valence electrons. The molecule has 0 radical (unpaired) electrons. The second-order valence-electron chi connectivity index (χ2n) is 4.94. The summed E-state index contributed by atoms with van der Waals surface area (Å²) in [7, 11) is 2.03. The van der Waals surface area contributed by atoms with Gasteiger partial charge >= 0.3 is 0 Å². The van der Waals surface area contributed by atoms with Gasteiger partial charge in [0.25, 0.3) is 0 Å². The highest BCUT2D eigenvalue weighted by Crippen LogP contribution is 2.30. The number of halogens is 3. The summed E-state index contributed by atoms with van der Waals surface area (Å²) in [5.74, 6) is 1.87. The molecule has 1 aromatic rings. The van der Waals surface area contributed by atoms with Gasteiger partial charge in [0.15, 0.2) is 0 Å². The van der Waals surface area contributed by atoms with E-state index in [1.54, 1.807) is 11.8 Å². The van der Waals surface area contributed by atoms with Crippen LogP contribution < -0.4 is 5.32 Å². The summed E-state index contributed by atoms with van der Waals surface area (Å²) < 4.78 is 0. The Hall–Kier alpha value is 0.360. The molecular weight excluding hydrogens is 335 g/mol. The minimum Gasteiger partial charge on any atom is -0.319 e. The Labute approximate surface area is 142 Å². The first kappa shape index (κ1) is 18.4. The minimum atomic E-state index is 0. The molecule has 0 amide bonds. The number of hydrogen-bond acceptors (Lipinski definition) is 3. The molecule has 0 bridgehead atoms. The Morgan fingerprint density at radius 3 is 2.95 bits per heavy atom. The van der Waals surface area contributed by atoms with Crippen LogP contribution in [0.3, 0.4) is 0 Å². The standard InChI is InChI=1S/C14H20Cl2N2S.ClH/c1-17-9-11-4-5-18(10-11)6-7-19-14-8-12(15)2-3-13(14)16;/h2-3,8,11,17H,4-7,9-10H2,1H3;1H. The van der Waals surface area contributed by atoms with E-state index in [1.807, 2.05) is 25.2 Å². The zero-order valence-electron chi connectivity index (χ0n) is 11.6. The van der Waals surface area contributed by atoms with Crippen molar-refractivity contribution in [3.05, 3.63) is 28.2 Å². The fraction of sp³-hybridized carbons (Fsp3) is 0.571. The number of hydrogen-bond donors (Lipinski definition) is 1. The molecular formula is C14H21Cl3N2S. The third kappa shape index (κ3) is 5.63. The van der Waals surface area contributed by atoms with Crippen molar-refractivity contribution in [1.82, 2.24) is 10.2 Å². The lowest BCUT2D eigenvalue weighted by Gasteiger charge is -2.15. The molecule has 1 aliphatic heterocycles. The quantitative estimate of drug-likeness (QED) is 0.775. The number of nitrogens with zero attached hydrogens (tertiary/aromatic N) is 1. The normalized spacial score (nSPS) is 19.1. The van der Waals surface area contributed by atoms with Crippen molar-refractivity contribution >= 4 is 47.4 Å². The molecule has 1 saturated heterocycles. The fourth-order valence-corrected chi connectivity index (χ4v) is 3.95. The van der Waals surface area contributed by atoms with Crippen molar-refractivity contribution < 1.29 is 0 Å². The first-order valence-electron chi connectivity index (χ1n) is 6.64. The summed E-state index contributed by atoms with van der Waals surface area (Å²) in [6, 6.07) is 5.64. The van der Waals surface area contributed by atoms with E-state index in [0.29, 0.717) is 0 Å². The summed E-state index contributed by atoms with van der Waals surface area (Å²) in [5.41, 5.74) is 0. The van der Waals surface area contributed by atoms with Crippen molar-refractivity contribution in [2.75, 3.05) is 39.0 Å². The third-order valence-electron chi connectivity index (χ3n) is 3.42.